The lowest BCUT2D eigenvalue weighted by atomic mass is 9.88. The van der Waals surface area contributed by atoms with E-state index in [9.17, 15) is 14.4 Å². The van der Waals surface area contributed by atoms with Crippen molar-refractivity contribution >= 4 is 40.1 Å². The monoisotopic (exact) mass is 550 g/mol. The Hall–Kier alpha value is -4.46. The first-order valence-electron chi connectivity index (χ1n) is 14.3. The number of carbonyl (C=O) groups is 3. The average molecular weight is 551 g/mol. The van der Waals surface area contributed by atoms with E-state index in [-0.39, 0.29) is 23.9 Å². The molecule has 5 rings (SSSR count). The van der Waals surface area contributed by atoms with Crippen LogP contribution in [-0.4, -0.2) is 34.2 Å². The van der Waals surface area contributed by atoms with Crippen molar-refractivity contribution in [1.82, 2.24) is 15.7 Å². The zero-order chi connectivity index (χ0) is 28.9. The van der Waals surface area contributed by atoms with E-state index >= 15 is 0 Å². The van der Waals surface area contributed by atoms with E-state index < -0.39 is 11.8 Å². The predicted molar refractivity (Wildman–Crippen MR) is 161 cm³/mol. The van der Waals surface area contributed by atoms with Crippen LogP contribution in [0.25, 0.3) is 11.0 Å². The number of nitrogens with zero attached hydrogens (tertiary/aromatic N) is 2. The van der Waals surface area contributed by atoms with Crippen LogP contribution >= 0.6 is 0 Å². The van der Waals surface area contributed by atoms with Crippen LogP contribution in [0.3, 0.4) is 0 Å². The number of aromatic nitrogens is 2. The number of imide groups is 1. The Labute approximate surface area is 240 Å². The van der Waals surface area contributed by atoms with Crippen LogP contribution in [0.5, 0.6) is 0 Å². The molecule has 211 valence electrons. The Bertz CT molecular complexity index is 1550. The summed E-state index contributed by atoms with van der Waals surface area (Å²) >= 11 is 0. The molecule has 41 heavy (non-hydrogen) atoms. The summed E-state index contributed by atoms with van der Waals surface area (Å²) in [6, 6.07) is 20.5. The fourth-order valence-electron chi connectivity index (χ4n) is 5.51. The predicted octanol–water partition coefficient (Wildman–Crippen LogP) is 6.25. The number of rotatable bonds is 9. The van der Waals surface area contributed by atoms with Crippen LogP contribution in [0.1, 0.15) is 79.2 Å². The molecular weight excluding hydrogens is 514 g/mol. The Morgan fingerprint density at radius 1 is 0.976 bits per heavy atom. The molecule has 1 radical (unpaired) electrons. The first-order valence-corrected chi connectivity index (χ1v) is 14.3. The highest BCUT2D eigenvalue weighted by Crippen LogP contribution is 2.31. The fraction of sp³-hybridized carbons (Fsp3) is 0.333. The molecule has 0 spiro atoms. The summed E-state index contributed by atoms with van der Waals surface area (Å²) in [7, 11) is 0. The summed E-state index contributed by atoms with van der Waals surface area (Å²) in [5, 5.41) is 2.87. The van der Waals surface area contributed by atoms with E-state index in [0.717, 1.165) is 60.1 Å². The zero-order valence-electron chi connectivity index (χ0n) is 23.6. The molecule has 0 aliphatic heterocycles. The molecule has 1 aliphatic rings. The standard InChI is InChI=1S/C33H36N5O3/c1-21(2)31-36-28-14-8-11-24(30(28)37-31)19-22-15-17-25(18-16-22)38(32(40)23-9-4-3-5-10-23)33(41)26-12-6-7-13-27(26)35-20-29(34)39/h6-8,11-18,21,23,34-35H,3-5,9-10,19-20H2,1-2H3,(H,36,37). The quantitative estimate of drug-likeness (QED) is 0.239. The van der Waals surface area contributed by atoms with Gasteiger partial charge in [0.2, 0.25) is 5.91 Å². The second-order valence-electron chi connectivity index (χ2n) is 11.1. The number of para-hydroxylation sites is 2. The lowest BCUT2D eigenvalue weighted by Gasteiger charge is -2.29. The third kappa shape index (κ3) is 6.32. The first-order chi connectivity index (χ1) is 19.8. The van der Waals surface area contributed by atoms with Gasteiger partial charge in [0.15, 0.2) is 0 Å². The molecule has 1 fully saturated rings. The zero-order valence-corrected chi connectivity index (χ0v) is 23.6. The first kappa shape index (κ1) is 28.1. The van der Waals surface area contributed by atoms with Crippen molar-refractivity contribution in [2.24, 2.45) is 5.92 Å². The van der Waals surface area contributed by atoms with E-state index in [1.54, 1.807) is 24.3 Å². The minimum Gasteiger partial charge on any atom is -0.375 e. The summed E-state index contributed by atoms with van der Waals surface area (Å²) in [5.74, 6) is -0.390. The van der Waals surface area contributed by atoms with Gasteiger partial charge in [0.1, 0.15) is 5.82 Å². The van der Waals surface area contributed by atoms with Crippen molar-refractivity contribution in [2.75, 3.05) is 16.8 Å². The highest BCUT2D eigenvalue weighted by molar-refractivity contribution is 6.23. The summed E-state index contributed by atoms with van der Waals surface area (Å²) in [6.45, 7) is 4.00. The number of fused-ring (bicyclic) bond motifs is 1. The van der Waals surface area contributed by atoms with Crippen molar-refractivity contribution in [2.45, 2.75) is 58.3 Å². The number of benzene rings is 3. The maximum atomic E-state index is 14.0. The second kappa shape index (κ2) is 12.4. The van der Waals surface area contributed by atoms with Gasteiger partial charge in [-0.15, -0.1) is 0 Å². The molecule has 3 N–H and O–H groups in total. The fourth-order valence-corrected chi connectivity index (χ4v) is 5.51. The normalized spacial score (nSPS) is 13.8. The third-order valence-electron chi connectivity index (χ3n) is 7.73. The van der Waals surface area contributed by atoms with Crippen LogP contribution in [0, 0.1) is 5.92 Å². The molecule has 0 bridgehead atoms. The minimum atomic E-state index is -0.788. The maximum absolute atomic E-state index is 14.0. The SMILES string of the molecule is CC(C)c1nc2c(Cc3ccc(N(C(=O)c4ccccc4NCC([NH])=O)C(=O)C4CCCCC4)cc3)cccc2[nH]1. The molecule has 1 aliphatic carbocycles. The molecule has 1 heterocycles. The third-order valence-corrected chi connectivity index (χ3v) is 7.73. The number of hydrogen-bond acceptors (Lipinski definition) is 5. The number of anilines is 2. The molecular formula is C33H36N5O3. The smallest absolute Gasteiger partial charge is 0.267 e. The number of aromatic amines is 1. The van der Waals surface area contributed by atoms with E-state index in [1.165, 1.54) is 4.90 Å². The van der Waals surface area contributed by atoms with Crippen LogP contribution < -0.4 is 16.0 Å². The van der Waals surface area contributed by atoms with Gasteiger partial charge in [0, 0.05) is 17.5 Å². The van der Waals surface area contributed by atoms with Gasteiger partial charge in [0.05, 0.1) is 28.8 Å². The van der Waals surface area contributed by atoms with Gasteiger partial charge < -0.3 is 10.3 Å². The minimum absolute atomic E-state index is 0.198. The van der Waals surface area contributed by atoms with Crippen molar-refractivity contribution in [1.29, 1.82) is 0 Å². The van der Waals surface area contributed by atoms with Crippen LogP contribution in [0.15, 0.2) is 66.7 Å². The highest BCUT2D eigenvalue weighted by Gasteiger charge is 2.32. The number of carbonyl (C=O) groups excluding carboxylic acids is 3. The summed E-state index contributed by atoms with van der Waals surface area (Å²) < 4.78 is 0. The number of H-pyrrole nitrogens is 1. The second-order valence-corrected chi connectivity index (χ2v) is 11.1. The Morgan fingerprint density at radius 2 is 1.71 bits per heavy atom. The van der Waals surface area contributed by atoms with E-state index in [4.69, 9.17) is 10.7 Å². The van der Waals surface area contributed by atoms with E-state index in [2.05, 4.69) is 30.2 Å². The average Bonchev–Trinajstić information content (AvgIpc) is 3.44. The summed E-state index contributed by atoms with van der Waals surface area (Å²) in [4.78, 5) is 48.7. The van der Waals surface area contributed by atoms with E-state index in [1.807, 2.05) is 36.4 Å². The van der Waals surface area contributed by atoms with Gasteiger partial charge in [-0.3, -0.25) is 20.1 Å². The van der Waals surface area contributed by atoms with Gasteiger partial charge in [-0.25, -0.2) is 9.88 Å². The van der Waals surface area contributed by atoms with Crippen molar-refractivity contribution in [3.8, 4) is 0 Å². The van der Waals surface area contributed by atoms with Gasteiger partial charge in [0.25, 0.3) is 11.8 Å². The molecule has 0 atom stereocenters. The molecule has 8 heteroatoms. The molecule has 1 aromatic heterocycles. The van der Waals surface area contributed by atoms with Crippen LogP contribution in [0.2, 0.25) is 0 Å². The van der Waals surface area contributed by atoms with Crippen molar-refractivity contribution in [3.63, 3.8) is 0 Å². The van der Waals surface area contributed by atoms with Crippen LogP contribution in [0.4, 0.5) is 11.4 Å². The lowest BCUT2D eigenvalue weighted by Crippen LogP contribution is -2.42. The largest absolute Gasteiger partial charge is 0.375 e. The number of amides is 3. The Kier molecular flexibility index (Phi) is 8.47. The molecule has 3 amide bonds. The van der Waals surface area contributed by atoms with Crippen molar-refractivity contribution in [3.05, 3.63) is 89.2 Å². The van der Waals surface area contributed by atoms with Gasteiger partial charge in [-0.1, -0.05) is 69.5 Å². The Morgan fingerprint density at radius 3 is 2.41 bits per heavy atom. The molecule has 4 aromatic rings. The summed E-state index contributed by atoms with van der Waals surface area (Å²) in [6.07, 6.45) is 5.23. The van der Waals surface area contributed by atoms with Gasteiger partial charge in [-0.05, 0) is 60.7 Å². The van der Waals surface area contributed by atoms with Gasteiger partial charge >= 0.3 is 0 Å². The number of hydrogen-bond donors (Lipinski definition) is 2. The Balaban J connectivity index is 1.45. The lowest BCUT2D eigenvalue weighted by molar-refractivity contribution is -0.122. The van der Waals surface area contributed by atoms with Crippen LogP contribution in [-0.2, 0) is 16.0 Å². The molecule has 3 aromatic carbocycles. The number of imidazole rings is 1. The summed E-state index contributed by atoms with van der Waals surface area (Å²) in [5.41, 5.74) is 12.6. The highest BCUT2D eigenvalue weighted by atomic mass is 16.2. The molecule has 8 nitrogen and oxygen atoms in total. The molecule has 0 unspecified atom stereocenters. The maximum Gasteiger partial charge on any atom is 0.267 e. The molecule has 0 saturated heterocycles. The molecule has 1 saturated carbocycles. The topological polar surface area (TPSA) is 119 Å². The van der Waals surface area contributed by atoms with Gasteiger partial charge in [-0.2, -0.15) is 0 Å². The van der Waals surface area contributed by atoms with Crippen molar-refractivity contribution < 1.29 is 14.4 Å². The van der Waals surface area contributed by atoms with E-state index in [0.29, 0.717) is 23.7 Å². The number of nitrogens with one attached hydrogen (secondary N) is 3.